The third-order valence-corrected chi connectivity index (χ3v) is 5.49. The maximum Gasteiger partial charge on any atom is 0.331 e. The number of nitrogens with one attached hydrogen (secondary N) is 2. The Balaban J connectivity index is 5.93. The van der Waals surface area contributed by atoms with Gasteiger partial charge in [0.15, 0.2) is 0 Å². The molecule has 3 unspecified atom stereocenters. The van der Waals surface area contributed by atoms with Crippen molar-refractivity contribution in [3.8, 4) is 0 Å². The van der Waals surface area contributed by atoms with Gasteiger partial charge in [0, 0.05) is 12.6 Å². The van der Waals surface area contributed by atoms with Gasteiger partial charge in [-0.25, -0.2) is 4.79 Å². The van der Waals surface area contributed by atoms with Gasteiger partial charge in [0.25, 0.3) is 0 Å². The number of carbonyl (C=O) groups is 3. The summed E-state index contributed by atoms with van der Waals surface area (Å²) in [6, 6.07) is -1.16. The summed E-state index contributed by atoms with van der Waals surface area (Å²) < 4.78 is 0. The van der Waals surface area contributed by atoms with E-state index in [2.05, 4.69) is 10.6 Å². The third kappa shape index (κ3) is 7.74. The molecule has 0 bridgehead atoms. The van der Waals surface area contributed by atoms with Crippen molar-refractivity contribution in [2.75, 3.05) is 14.1 Å². The second-order valence-corrected chi connectivity index (χ2v) is 10.3. The second kappa shape index (κ2) is 10.9. The highest BCUT2D eigenvalue weighted by Crippen LogP contribution is 2.25. The van der Waals surface area contributed by atoms with Crippen LogP contribution < -0.4 is 10.6 Å². The van der Waals surface area contributed by atoms with Crippen molar-refractivity contribution in [2.24, 2.45) is 17.3 Å². The van der Waals surface area contributed by atoms with Gasteiger partial charge in [-0.3, -0.25) is 9.59 Å². The van der Waals surface area contributed by atoms with Crippen LogP contribution in [0.5, 0.6) is 0 Å². The van der Waals surface area contributed by atoms with E-state index in [1.165, 1.54) is 6.92 Å². The van der Waals surface area contributed by atoms with E-state index >= 15 is 0 Å². The molecule has 0 aromatic heterocycles. The number of carboxylic acid groups (broad SMARTS) is 1. The zero-order valence-corrected chi connectivity index (χ0v) is 20.7. The van der Waals surface area contributed by atoms with Gasteiger partial charge < -0.3 is 20.6 Å². The van der Waals surface area contributed by atoms with E-state index < -0.39 is 29.0 Å². The molecular weight excluding hydrogens is 382 g/mol. The number of carbonyl (C=O) groups excluding carboxylic acids is 2. The minimum atomic E-state index is -1.01. The van der Waals surface area contributed by atoms with Gasteiger partial charge >= 0.3 is 5.97 Å². The highest BCUT2D eigenvalue weighted by molar-refractivity contribution is 5.92. The van der Waals surface area contributed by atoms with Crippen LogP contribution in [0.3, 0.4) is 0 Å². The fourth-order valence-corrected chi connectivity index (χ4v) is 3.49. The molecule has 174 valence electrons. The molecule has 0 heterocycles. The summed E-state index contributed by atoms with van der Waals surface area (Å²) >= 11 is 0. The first-order valence-corrected chi connectivity index (χ1v) is 10.7. The van der Waals surface area contributed by atoms with Crippen LogP contribution in [-0.2, 0) is 14.4 Å². The zero-order valence-electron chi connectivity index (χ0n) is 20.7. The second-order valence-electron chi connectivity index (χ2n) is 10.3. The van der Waals surface area contributed by atoms with Crippen molar-refractivity contribution in [1.82, 2.24) is 15.5 Å². The van der Waals surface area contributed by atoms with Gasteiger partial charge in [-0.15, -0.1) is 0 Å². The van der Waals surface area contributed by atoms with Crippen LogP contribution in [0.1, 0.15) is 68.7 Å². The highest BCUT2D eigenvalue weighted by Gasteiger charge is 2.41. The van der Waals surface area contributed by atoms with Gasteiger partial charge in [-0.2, -0.15) is 0 Å². The summed E-state index contributed by atoms with van der Waals surface area (Å²) in [6.45, 7) is 17.1. The van der Waals surface area contributed by atoms with Crippen LogP contribution >= 0.6 is 0 Å². The Hall–Kier alpha value is -1.89. The molecule has 2 amide bonds. The van der Waals surface area contributed by atoms with Crippen molar-refractivity contribution in [3.05, 3.63) is 11.6 Å². The predicted octanol–water partition coefficient (Wildman–Crippen LogP) is 3.06. The molecule has 0 radical (unpaired) electrons. The molecule has 30 heavy (non-hydrogen) atoms. The lowest BCUT2D eigenvalue weighted by molar-refractivity contribution is -0.141. The van der Waals surface area contributed by atoms with Crippen molar-refractivity contribution < 1.29 is 19.5 Å². The summed E-state index contributed by atoms with van der Waals surface area (Å²) in [5.41, 5.74) is -1.14. The van der Waals surface area contributed by atoms with Crippen LogP contribution in [0.15, 0.2) is 11.6 Å². The normalized spacial score (nSPS) is 16.8. The van der Waals surface area contributed by atoms with Crippen molar-refractivity contribution in [3.63, 3.8) is 0 Å². The molecule has 0 saturated heterocycles. The number of rotatable bonds is 10. The summed E-state index contributed by atoms with van der Waals surface area (Å²) in [7, 11) is 3.41. The molecule has 0 fully saturated rings. The molecule has 0 aromatic rings. The van der Waals surface area contributed by atoms with E-state index in [0.717, 1.165) is 0 Å². The Bertz CT molecular complexity index is 649. The Kier molecular flexibility index (Phi) is 10.2. The number of carboxylic acids is 1. The van der Waals surface area contributed by atoms with E-state index in [0.29, 0.717) is 12.3 Å². The van der Waals surface area contributed by atoms with Crippen LogP contribution in [0, 0.1) is 17.3 Å². The number of hydrogen-bond donors (Lipinski definition) is 3. The Labute approximate surface area is 182 Å². The van der Waals surface area contributed by atoms with Crippen LogP contribution in [0.25, 0.3) is 0 Å². The summed E-state index contributed by atoms with van der Waals surface area (Å²) in [4.78, 5) is 39.5. The van der Waals surface area contributed by atoms with Gasteiger partial charge in [-0.05, 0) is 44.6 Å². The molecule has 0 aromatic carbocycles. The van der Waals surface area contributed by atoms with Crippen LogP contribution in [0.4, 0.5) is 0 Å². The Morgan fingerprint density at radius 1 is 1.07 bits per heavy atom. The number of likely N-dealkylation sites (N-methyl/N-ethyl adjacent to an activating group) is 2. The predicted molar refractivity (Wildman–Crippen MR) is 121 cm³/mol. The van der Waals surface area contributed by atoms with E-state index in [-0.39, 0.29) is 23.3 Å². The fraction of sp³-hybridized carbons (Fsp3) is 0.783. The van der Waals surface area contributed by atoms with E-state index in [9.17, 15) is 19.5 Å². The molecule has 0 saturated carbocycles. The zero-order chi connectivity index (χ0) is 24.0. The number of aliphatic carboxylic acids is 1. The largest absolute Gasteiger partial charge is 0.478 e. The van der Waals surface area contributed by atoms with E-state index in [4.69, 9.17) is 0 Å². The minimum Gasteiger partial charge on any atom is -0.478 e. The summed E-state index contributed by atoms with van der Waals surface area (Å²) in [6.07, 6.45) is 2.23. The Morgan fingerprint density at radius 3 is 1.90 bits per heavy atom. The SMILES string of the molecule is CNC(C)(CC(C)C)C(=O)NC(C(=O)N(C)C(/C=C(\C)C(=O)O)C(C)C)C(C)(C)C. The fourth-order valence-electron chi connectivity index (χ4n) is 3.49. The molecule has 3 atom stereocenters. The maximum absolute atomic E-state index is 13.5. The number of amides is 2. The van der Waals surface area contributed by atoms with Gasteiger partial charge in [0.2, 0.25) is 11.8 Å². The smallest absolute Gasteiger partial charge is 0.331 e. The van der Waals surface area contributed by atoms with Gasteiger partial charge in [0.05, 0.1) is 11.6 Å². The molecule has 0 aliphatic carbocycles. The maximum atomic E-state index is 13.5. The highest BCUT2D eigenvalue weighted by atomic mass is 16.4. The average Bonchev–Trinajstić information content (AvgIpc) is 2.60. The molecule has 0 spiro atoms. The molecule has 3 N–H and O–H groups in total. The molecule has 0 aliphatic rings. The average molecular weight is 426 g/mol. The first-order chi connectivity index (χ1) is 13.5. The molecule has 7 nitrogen and oxygen atoms in total. The van der Waals surface area contributed by atoms with Gasteiger partial charge in [-0.1, -0.05) is 54.5 Å². The molecule has 0 rings (SSSR count). The topological polar surface area (TPSA) is 98.7 Å². The van der Waals surface area contributed by atoms with Crippen molar-refractivity contribution in [1.29, 1.82) is 0 Å². The molecule has 0 aliphatic heterocycles. The first-order valence-electron chi connectivity index (χ1n) is 10.7. The standard InChI is InChI=1S/C23H43N3O4/c1-14(2)13-23(9,24-10)21(30)25-18(22(6,7)8)19(27)26(11)17(15(3)4)12-16(5)20(28)29/h12,14-15,17-18,24H,13H2,1-11H3,(H,25,30)(H,28,29)/b16-12+. The van der Waals surface area contributed by atoms with Crippen molar-refractivity contribution >= 4 is 17.8 Å². The minimum absolute atomic E-state index is 0.00749. The lowest BCUT2D eigenvalue weighted by Gasteiger charge is -2.39. The van der Waals surface area contributed by atoms with Crippen LogP contribution in [-0.4, -0.2) is 59.5 Å². The molecular formula is C23H43N3O4. The van der Waals surface area contributed by atoms with Gasteiger partial charge in [0.1, 0.15) is 6.04 Å². The quantitative estimate of drug-likeness (QED) is 0.467. The number of nitrogens with zero attached hydrogens (tertiary/aromatic N) is 1. The first kappa shape index (κ1) is 28.1. The van der Waals surface area contributed by atoms with Crippen LogP contribution in [0.2, 0.25) is 0 Å². The number of hydrogen-bond acceptors (Lipinski definition) is 4. The lowest BCUT2D eigenvalue weighted by Crippen LogP contribution is -2.62. The van der Waals surface area contributed by atoms with E-state index in [1.54, 1.807) is 25.1 Å². The third-order valence-electron chi connectivity index (χ3n) is 5.49. The molecule has 7 heteroatoms. The monoisotopic (exact) mass is 425 g/mol. The Morgan fingerprint density at radius 2 is 1.57 bits per heavy atom. The van der Waals surface area contributed by atoms with E-state index in [1.807, 2.05) is 55.4 Å². The lowest BCUT2D eigenvalue weighted by atomic mass is 9.83. The summed E-state index contributed by atoms with van der Waals surface area (Å²) in [5.74, 6) is -1.17. The summed E-state index contributed by atoms with van der Waals surface area (Å²) in [5, 5.41) is 15.3. The van der Waals surface area contributed by atoms with Crippen molar-refractivity contribution in [2.45, 2.75) is 86.4 Å².